The first-order chi connectivity index (χ1) is 9.50. The zero-order valence-corrected chi connectivity index (χ0v) is 11.6. The number of alkyl halides is 3. The molecule has 0 fully saturated rings. The summed E-state index contributed by atoms with van der Waals surface area (Å²) in [4.78, 5) is 0.921. The van der Waals surface area contributed by atoms with Crippen LogP contribution in [-0.2, 0) is 12.6 Å². The summed E-state index contributed by atoms with van der Waals surface area (Å²) in [6.45, 7) is 2.68. The largest absolute Gasteiger partial charge is 0.416 e. The van der Waals surface area contributed by atoms with Crippen molar-refractivity contribution in [3.8, 4) is 0 Å². The van der Waals surface area contributed by atoms with Gasteiger partial charge in [0, 0.05) is 6.04 Å². The molecule has 20 heavy (non-hydrogen) atoms. The Morgan fingerprint density at radius 3 is 2.75 bits per heavy atom. The molecule has 0 saturated carbocycles. The summed E-state index contributed by atoms with van der Waals surface area (Å²) in [5.41, 5.74) is 0.0202. The molecule has 7 heteroatoms. The first-order valence-corrected chi connectivity index (χ1v) is 6.95. The number of halogens is 3. The van der Waals surface area contributed by atoms with Crippen molar-refractivity contribution in [2.45, 2.75) is 25.6 Å². The third-order valence-corrected chi connectivity index (χ3v) is 3.64. The fourth-order valence-electron chi connectivity index (χ4n) is 1.96. The molecular formula is C13H14F3N3S. The van der Waals surface area contributed by atoms with Gasteiger partial charge in [-0.1, -0.05) is 29.6 Å². The molecule has 1 heterocycles. The summed E-state index contributed by atoms with van der Waals surface area (Å²) in [5, 5.41) is 7.01. The van der Waals surface area contributed by atoms with Crippen molar-refractivity contribution in [3.63, 3.8) is 0 Å². The van der Waals surface area contributed by atoms with Gasteiger partial charge in [0.05, 0.1) is 16.6 Å². The molecule has 0 radical (unpaired) electrons. The van der Waals surface area contributed by atoms with Gasteiger partial charge in [-0.15, -0.1) is 5.10 Å². The van der Waals surface area contributed by atoms with E-state index in [-0.39, 0.29) is 6.04 Å². The van der Waals surface area contributed by atoms with Gasteiger partial charge in [0.25, 0.3) is 0 Å². The van der Waals surface area contributed by atoms with E-state index in [0.717, 1.165) is 17.5 Å². The van der Waals surface area contributed by atoms with Crippen molar-refractivity contribution in [2.75, 3.05) is 6.54 Å². The van der Waals surface area contributed by atoms with Crippen LogP contribution >= 0.6 is 11.5 Å². The van der Waals surface area contributed by atoms with Crippen molar-refractivity contribution in [3.05, 3.63) is 46.5 Å². The van der Waals surface area contributed by atoms with Gasteiger partial charge in [-0.25, -0.2) is 0 Å². The molecule has 3 nitrogen and oxygen atoms in total. The van der Waals surface area contributed by atoms with Crippen LogP contribution < -0.4 is 5.32 Å². The van der Waals surface area contributed by atoms with Gasteiger partial charge in [0.1, 0.15) is 0 Å². The molecule has 0 spiro atoms. The smallest absolute Gasteiger partial charge is 0.309 e. The lowest BCUT2D eigenvalue weighted by Crippen LogP contribution is -2.22. The van der Waals surface area contributed by atoms with Crippen LogP contribution in [0.4, 0.5) is 13.2 Å². The molecule has 1 aromatic heterocycles. The van der Waals surface area contributed by atoms with Crippen molar-refractivity contribution < 1.29 is 13.2 Å². The van der Waals surface area contributed by atoms with E-state index in [4.69, 9.17) is 0 Å². The van der Waals surface area contributed by atoms with Gasteiger partial charge in [-0.3, -0.25) is 0 Å². The summed E-state index contributed by atoms with van der Waals surface area (Å²) in [7, 11) is 0. The molecule has 2 aromatic rings. The molecule has 108 valence electrons. The number of benzene rings is 1. The van der Waals surface area contributed by atoms with Crippen molar-refractivity contribution >= 4 is 11.5 Å². The number of rotatable bonds is 5. The average Bonchev–Trinajstić information content (AvgIpc) is 2.91. The van der Waals surface area contributed by atoms with E-state index in [1.54, 1.807) is 12.3 Å². The van der Waals surface area contributed by atoms with Crippen LogP contribution in [0.25, 0.3) is 0 Å². The lowest BCUT2D eigenvalue weighted by Gasteiger charge is -2.16. The highest BCUT2D eigenvalue weighted by Gasteiger charge is 2.30. The minimum Gasteiger partial charge on any atom is -0.309 e. The minimum absolute atomic E-state index is 0.0662. The van der Waals surface area contributed by atoms with Crippen LogP contribution in [-0.4, -0.2) is 16.1 Å². The number of hydrogen-bond donors (Lipinski definition) is 1. The summed E-state index contributed by atoms with van der Waals surface area (Å²) in [6, 6.07) is 5.35. The second-order valence-corrected chi connectivity index (χ2v) is 5.15. The summed E-state index contributed by atoms with van der Waals surface area (Å²) in [6.07, 6.45) is -2.19. The Kier molecular flexibility index (Phi) is 4.72. The Hall–Kier alpha value is -1.47. The fourth-order valence-corrected chi connectivity index (χ4v) is 2.54. The second kappa shape index (κ2) is 6.32. The maximum absolute atomic E-state index is 12.7. The number of likely N-dealkylation sites (N-methyl/N-ethyl adjacent to an activating group) is 1. The first kappa shape index (κ1) is 14.9. The Balaban J connectivity index is 2.19. The van der Waals surface area contributed by atoms with Crippen LogP contribution in [0.2, 0.25) is 0 Å². The Morgan fingerprint density at radius 1 is 1.35 bits per heavy atom. The highest BCUT2D eigenvalue weighted by Crippen LogP contribution is 2.30. The van der Waals surface area contributed by atoms with Gasteiger partial charge < -0.3 is 5.32 Å². The van der Waals surface area contributed by atoms with Crippen LogP contribution in [0.5, 0.6) is 0 Å². The van der Waals surface area contributed by atoms with E-state index in [1.807, 2.05) is 6.92 Å². The molecule has 1 unspecified atom stereocenters. The van der Waals surface area contributed by atoms with Gasteiger partial charge in [-0.2, -0.15) is 13.2 Å². The molecule has 0 saturated heterocycles. The molecule has 0 aliphatic heterocycles. The number of hydrogen-bond acceptors (Lipinski definition) is 4. The normalized spacial score (nSPS) is 13.4. The molecular weight excluding hydrogens is 287 g/mol. The minimum atomic E-state index is -4.31. The van der Waals surface area contributed by atoms with Gasteiger partial charge in [-0.05, 0) is 36.1 Å². The standard InChI is InChI=1S/C13H14F3N3S/c1-2-17-11(12-8-18-19-20-12)7-9-4-3-5-10(6-9)13(14,15)16/h3-6,8,11,17H,2,7H2,1H3. The third-order valence-electron chi connectivity index (χ3n) is 2.87. The van der Waals surface area contributed by atoms with Gasteiger partial charge >= 0.3 is 6.18 Å². The molecule has 0 aliphatic rings. The van der Waals surface area contributed by atoms with Crippen molar-refractivity contribution in [1.29, 1.82) is 0 Å². The van der Waals surface area contributed by atoms with Gasteiger partial charge in [0.15, 0.2) is 0 Å². The lowest BCUT2D eigenvalue weighted by molar-refractivity contribution is -0.137. The highest BCUT2D eigenvalue weighted by atomic mass is 32.1. The van der Waals surface area contributed by atoms with E-state index < -0.39 is 11.7 Å². The number of aromatic nitrogens is 2. The zero-order valence-electron chi connectivity index (χ0n) is 10.8. The number of nitrogens with zero attached hydrogens (tertiary/aromatic N) is 2. The number of nitrogens with one attached hydrogen (secondary N) is 1. The Bertz CT molecular complexity index is 540. The highest BCUT2D eigenvalue weighted by molar-refractivity contribution is 7.05. The van der Waals surface area contributed by atoms with E-state index in [9.17, 15) is 13.2 Å². The summed E-state index contributed by atoms with van der Waals surface area (Å²) < 4.78 is 41.9. The van der Waals surface area contributed by atoms with Crippen LogP contribution in [0.3, 0.4) is 0 Å². The monoisotopic (exact) mass is 301 g/mol. The van der Waals surface area contributed by atoms with E-state index in [1.165, 1.54) is 23.7 Å². The van der Waals surface area contributed by atoms with Crippen LogP contribution in [0.1, 0.15) is 29.0 Å². The van der Waals surface area contributed by atoms with Crippen molar-refractivity contribution in [2.24, 2.45) is 0 Å². The Morgan fingerprint density at radius 2 is 2.15 bits per heavy atom. The molecule has 0 aliphatic carbocycles. The van der Waals surface area contributed by atoms with Gasteiger partial charge in [0.2, 0.25) is 0 Å². The maximum atomic E-state index is 12.7. The topological polar surface area (TPSA) is 37.8 Å². The summed E-state index contributed by atoms with van der Waals surface area (Å²) in [5.74, 6) is 0. The molecule has 1 atom stereocenters. The first-order valence-electron chi connectivity index (χ1n) is 6.17. The summed E-state index contributed by atoms with van der Waals surface area (Å²) >= 11 is 1.25. The SMILES string of the molecule is CCNC(Cc1cccc(C(F)(F)F)c1)c1cnns1. The maximum Gasteiger partial charge on any atom is 0.416 e. The fraction of sp³-hybridized carbons (Fsp3) is 0.385. The predicted molar refractivity (Wildman–Crippen MR) is 71.5 cm³/mol. The predicted octanol–water partition coefficient (Wildman–Crippen LogP) is 3.45. The molecule has 2 rings (SSSR count). The average molecular weight is 301 g/mol. The molecule has 1 aromatic carbocycles. The quantitative estimate of drug-likeness (QED) is 0.919. The van der Waals surface area contributed by atoms with Crippen molar-refractivity contribution in [1.82, 2.24) is 14.9 Å². The third kappa shape index (κ3) is 3.77. The molecule has 0 amide bonds. The Labute approximate surface area is 119 Å². The molecule has 0 bridgehead atoms. The second-order valence-electron chi connectivity index (χ2n) is 4.33. The van der Waals surface area contributed by atoms with Crippen LogP contribution in [0.15, 0.2) is 30.5 Å². The zero-order chi connectivity index (χ0) is 14.6. The van der Waals surface area contributed by atoms with E-state index >= 15 is 0 Å². The van der Waals surface area contributed by atoms with E-state index in [0.29, 0.717) is 12.0 Å². The molecule has 1 N–H and O–H groups in total. The van der Waals surface area contributed by atoms with E-state index in [2.05, 4.69) is 14.9 Å². The lowest BCUT2D eigenvalue weighted by atomic mass is 10.0. The van der Waals surface area contributed by atoms with Crippen LogP contribution in [0, 0.1) is 0 Å².